The molecule has 82 valence electrons. The smallest absolute Gasteiger partial charge is 0.237 e. The molecule has 1 aliphatic rings. The van der Waals surface area contributed by atoms with Crippen LogP contribution in [0, 0.1) is 11.8 Å². The van der Waals surface area contributed by atoms with E-state index in [9.17, 15) is 4.79 Å². The molecular weight excluding hydrogens is 176 g/mol. The van der Waals surface area contributed by atoms with E-state index in [4.69, 9.17) is 0 Å². The number of hydrogen-bond acceptors (Lipinski definition) is 2. The lowest BCUT2D eigenvalue weighted by Crippen LogP contribution is -2.40. The van der Waals surface area contributed by atoms with Crippen LogP contribution in [-0.4, -0.2) is 30.1 Å². The third kappa shape index (κ3) is 2.47. The van der Waals surface area contributed by atoms with Crippen molar-refractivity contribution in [2.24, 2.45) is 11.8 Å². The van der Waals surface area contributed by atoms with Gasteiger partial charge in [0.1, 0.15) is 0 Å². The van der Waals surface area contributed by atoms with Crippen molar-refractivity contribution >= 4 is 5.91 Å². The summed E-state index contributed by atoms with van der Waals surface area (Å²) in [4.78, 5) is 13.6. The van der Waals surface area contributed by atoms with E-state index in [0.29, 0.717) is 18.4 Å². The summed E-state index contributed by atoms with van der Waals surface area (Å²) in [5, 5.41) is 3.23. The molecule has 2 atom stereocenters. The average Bonchev–Trinajstić information content (AvgIpc) is 2.47. The average molecular weight is 198 g/mol. The summed E-state index contributed by atoms with van der Waals surface area (Å²) in [5.41, 5.74) is 0. The van der Waals surface area contributed by atoms with E-state index in [1.54, 1.807) is 0 Å². The molecule has 1 N–H and O–H groups in total. The Balaban J connectivity index is 2.52. The number of carbonyl (C=O) groups excluding carboxylic acids is 1. The van der Waals surface area contributed by atoms with Crippen molar-refractivity contribution < 1.29 is 4.79 Å². The van der Waals surface area contributed by atoms with Crippen LogP contribution < -0.4 is 5.32 Å². The Hall–Kier alpha value is -0.570. The molecule has 1 rings (SSSR count). The Labute approximate surface area is 86.9 Å². The van der Waals surface area contributed by atoms with E-state index in [1.807, 2.05) is 4.90 Å². The minimum absolute atomic E-state index is 0.254. The molecule has 0 aromatic rings. The number of amides is 1. The lowest BCUT2D eigenvalue weighted by atomic mass is 9.97. The van der Waals surface area contributed by atoms with Gasteiger partial charge in [0.15, 0.2) is 0 Å². The Morgan fingerprint density at radius 3 is 2.64 bits per heavy atom. The Bertz CT molecular complexity index is 203. The Morgan fingerprint density at radius 2 is 2.14 bits per heavy atom. The van der Waals surface area contributed by atoms with Crippen molar-refractivity contribution in [3.63, 3.8) is 0 Å². The van der Waals surface area contributed by atoms with E-state index in [1.165, 1.54) is 0 Å². The molecule has 1 heterocycles. The molecule has 2 unspecified atom stereocenters. The molecule has 0 saturated carbocycles. The summed E-state index contributed by atoms with van der Waals surface area (Å²) in [6.07, 6.45) is 1.26. The standard InChI is InChI=1S/C11H22N2O/c1-5-10-12-6-11(14)13(10)7-9(4)8(2)3/h8-10,12H,5-7H2,1-4H3. The zero-order valence-electron chi connectivity index (χ0n) is 9.71. The van der Waals surface area contributed by atoms with Crippen LogP contribution in [0.1, 0.15) is 34.1 Å². The van der Waals surface area contributed by atoms with Crippen LogP contribution in [-0.2, 0) is 4.79 Å². The van der Waals surface area contributed by atoms with Crippen molar-refractivity contribution in [3.05, 3.63) is 0 Å². The maximum Gasteiger partial charge on any atom is 0.237 e. The van der Waals surface area contributed by atoms with Crippen molar-refractivity contribution in [2.45, 2.75) is 40.3 Å². The Kier molecular flexibility index (Phi) is 3.93. The molecule has 14 heavy (non-hydrogen) atoms. The predicted molar refractivity (Wildman–Crippen MR) is 57.8 cm³/mol. The van der Waals surface area contributed by atoms with E-state index < -0.39 is 0 Å². The summed E-state index contributed by atoms with van der Waals surface area (Å²) < 4.78 is 0. The van der Waals surface area contributed by atoms with E-state index in [-0.39, 0.29) is 12.1 Å². The van der Waals surface area contributed by atoms with Crippen LogP contribution in [0.25, 0.3) is 0 Å². The summed E-state index contributed by atoms with van der Waals surface area (Å²) in [6.45, 7) is 10.1. The van der Waals surface area contributed by atoms with Crippen LogP contribution in [0.5, 0.6) is 0 Å². The monoisotopic (exact) mass is 198 g/mol. The van der Waals surface area contributed by atoms with Gasteiger partial charge in [-0.25, -0.2) is 0 Å². The van der Waals surface area contributed by atoms with Crippen LogP contribution in [0.15, 0.2) is 0 Å². The van der Waals surface area contributed by atoms with E-state index in [2.05, 4.69) is 33.0 Å². The fourth-order valence-electron chi connectivity index (χ4n) is 1.71. The summed E-state index contributed by atoms with van der Waals surface area (Å²) in [7, 11) is 0. The molecular formula is C11H22N2O. The predicted octanol–water partition coefficient (Wildman–Crippen LogP) is 1.45. The minimum atomic E-state index is 0.254. The highest BCUT2D eigenvalue weighted by Crippen LogP contribution is 2.16. The molecule has 1 aliphatic heterocycles. The van der Waals surface area contributed by atoms with Crippen LogP contribution in [0.4, 0.5) is 0 Å². The number of nitrogens with zero attached hydrogens (tertiary/aromatic N) is 1. The molecule has 0 aromatic carbocycles. The molecule has 1 fully saturated rings. The van der Waals surface area contributed by atoms with Gasteiger partial charge in [-0.3, -0.25) is 10.1 Å². The Morgan fingerprint density at radius 1 is 1.50 bits per heavy atom. The maximum absolute atomic E-state index is 11.6. The van der Waals surface area contributed by atoms with Gasteiger partial charge in [0.2, 0.25) is 5.91 Å². The highest BCUT2D eigenvalue weighted by atomic mass is 16.2. The van der Waals surface area contributed by atoms with Crippen molar-refractivity contribution in [2.75, 3.05) is 13.1 Å². The second-order valence-corrected chi connectivity index (χ2v) is 4.57. The lowest BCUT2D eigenvalue weighted by Gasteiger charge is -2.28. The SMILES string of the molecule is CCC1NCC(=O)N1CC(C)C(C)C. The second kappa shape index (κ2) is 4.78. The van der Waals surface area contributed by atoms with Crippen LogP contribution in [0.3, 0.4) is 0 Å². The molecule has 0 bridgehead atoms. The quantitative estimate of drug-likeness (QED) is 0.741. The molecule has 3 heteroatoms. The third-order valence-corrected chi connectivity index (χ3v) is 3.19. The summed E-state index contributed by atoms with van der Waals surface area (Å²) in [6, 6.07) is 0. The normalized spacial score (nSPS) is 24.8. The topological polar surface area (TPSA) is 32.3 Å². The van der Waals surface area contributed by atoms with Gasteiger partial charge < -0.3 is 4.90 Å². The fraction of sp³-hybridized carbons (Fsp3) is 0.909. The molecule has 0 radical (unpaired) electrons. The van der Waals surface area contributed by atoms with Gasteiger partial charge in [0, 0.05) is 6.54 Å². The minimum Gasteiger partial charge on any atom is -0.326 e. The van der Waals surface area contributed by atoms with Gasteiger partial charge in [-0.15, -0.1) is 0 Å². The fourth-order valence-corrected chi connectivity index (χ4v) is 1.71. The molecule has 3 nitrogen and oxygen atoms in total. The number of hydrogen-bond donors (Lipinski definition) is 1. The van der Waals surface area contributed by atoms with E-state index >= 15 is 0 Å². The molecule has 1 saturated heterocycles. The number of rotatable bonds is 4. The van der Waals surface area contributed by atoms with Crippen molar-refractivity contribution in [1.29, 1.82) is 0 Å². The zero-order chi connectivity index (χ0) is 10.7. The molecule has 0 aromatic heterocycles. The first kappa shape index (κ1) is 11.5. The van der Waals surface area contributed by atoms with Gasteiger partial charge in [-0.2, -0.15) is 0 Å². The molecule has 1 amide bonds. The zero-order valence-corrected chi connectivity index (χ0v) is 9.71. The van der Waals surface area contributed by atoms with Gasteiger partial charge in [-0.05, 0) is 18.3 Å². The number of nitrogens with one attached hydrogen (secondary N) is 1. The van der Waals surface area contributed by atoms with E-state index in [0.717, 1.165) is 13.0 Å². The molecule has 0 spiro atoms. The van der Waals surface area contributed by atoms with Crippen LogP contribution in [0.2, 0.25) is 0 Å². The van der Waals surface area contributed by atoms with Gasteiger partial charge in [-0.1, -0.05) is 27.7 Å². The number of carbonyl (C=O) groups is 1. The largest absolute Gasteiger partial charge is 0.326 e. The second-order valence-electron chi connectivity index (χ2n) is 4.57. The van der Waals surface area contributed by atoms with Crippen molar-refractivity contribution in [1.82, 2.24) is 10.2 Å². The van der Waals surface area contributed by atoms with Gasteiger partial charge in [0.25, 0.3) is 0 Å². The maximum atomic E-state index is 11.6. The lowest BCUT2D eigenvalue weighted by molar-refractivity contribution is -0.128. The summed E-state index contributed by atoms with van der Waals surface area (Å²) >= 11 is 0. The summed E-state index contributed by atoms with van der Waals surface area (Å²) in [5.74, 6) is 1.47. The first-order valence-electron chi connectivity index (χ1n) is 5.59. The highest BCUT2D eigenvalue weighted by Gasteiger charge is 2.30. The third-order valence-electron chi connectivity index (χ3n) is 3.19. The molecule has 0 aliphatic carbocycles. The van der Waals surface area contributed by atoms with Gasteiger partial charge >= 0.3 is 0 Å². The van der Waals surface area contributed by atoms with Crippen molar-refractivity contribution in [3.8, 4) is 0 Å². The first-order chi connectivity index (χ1) is 6.56. The highest BCUT2D eigenvalue weighted by molar-refractivity contribution is 5.80. The first-order valence-corrected chi connectivity index (χ1v) is 5.59. The van der Waals surface area contributed by atoms with Gasteiger partial charge in [0.05, 0.1) is 12.7 Å². The van der Waals surface area contributed by atoms with Crippen LogP contribution >= 0.6 is 0 Å².